The van der Waals surface area contributed by atoms with Crippen LogP contribution in [-0.4, -0.2) is 38.8 Å². The Hall–Kier alpha value is -0.680. The molecule has 0 unspecified atom stereocenters. The van der Waals surface area contributed by atoms with Gasteiger partial charge in [0.15, 0.2) is 0 Å². The number of thiocarbonyl (C=S) groups is 1. The first kappa shape index (κ1) is 15.7. The molecule has 3 nitrogen and oxygen atoms in total. The summed E-state index contributed by atoms with van der Waals surface area (Å²) in [5.41, 5.74) is 0.577. The molecule has 1 saturated heterocycles. The molecule has 5 heteroatoms. The highest BCUT2D eigenvalue weighted by molar-refractivity contribution is 7.80. The summed E-state index contributed by atoms with van der Waals surface area (Å²) in [7, 11) is 0. The Kier molecular flexibility index (Phi) is 4.40. The second kappa shape index (κ2) is 5.60. The van der Waals surface area contributed by atoms with Gasteiger partial charge in [0.1, 0.15) is 6.10 Å². The van der Waals surface area contributed by atoms with E-state index >= 15 is 0 Å². The van der Waals surface area contributed by atoms with Crippen LogP contribution in [0.4, 0.5) is 0 Å². The molecule has 110 valence electrons. The fraction of sp³-hybridized carbons (Fsp3) is 0.533. The van der Waals surface area contributed by atoms with Gasteiger partial charge in [-0.3, -0.25) is 0 Å². The van der Waals surface area contributed by atoms with Crippen molar-refractivity contribution in [2.75, 3.05) is 6.54 Å². The van der Waals surface area contributed by atoms with Crippen molar-refractivity contribution in [3.63, 3.8) is 0 Å². The molecule has 0 bridgehead atoms. The molecule has 1 aromatic carbocycles. The van der Waals surface area contributed by atoms with E-state index in [-0.39, 0.29) is 11.5 Å². The number of rotatable bonds is 2. The smallest absolute Gasteiger partial charge is 0.102 e. The molecule has 1 fully saturated rings. The third kappa shape index (κ3) is 2.98. The van der Waals surface area contributed by atoms with Crippen LogP contribution in [0.2, 0.25) is 5.02 Å². The first-order valence-corrected chi connectivity index (χ1v) is 7.43. The maximum atomic E-state index is 10.5. The molecule has 0 aromatic heterocycles. The average Bonchev–Trinajstić information content (AvgIpc) is 2.34. The zero-order chi connectivity index (χ0) is 15.1. The van der Waals surface area contributed by atoms with Gasteiger partial charge < -0.3 is 15.1 Å². The van der Waals surface area contributed by atoms with E-state index in [9.17, 15) is 10.2 Å². The minimum Gasteiger partial charge on any atom is -0.389 e. The Labute approximate surface area is 130 Å². The highest BCUT2D eigenvalue weighted by Gasteiger charge is 2.46. The van der Waals surface area contributed by atoms with Gasteiger partial charge in [-0.05, 0) is 17.7 Å². The molecule has 0 aliphatic carbocycles. The van der Waals surface area contributed by atoms with Crippen LogP contribution in [0.1, 0.15) is 32.4 Å². The zero-order valence-electron chi connectivity index (χ0n) is 11.9. The molecule has 2 N–H and O–H groups in total. The number of aliphatic hydroxyl groups is 2. The lowest BCUT2D eigenvalue weighted by atomic mass is 9.85. The van der Waals surface area contributed by atoms with Crippen molar-refractivity contribution in [2.24, 2.45) is 5.41 Å². The molecular weight excluding hydrogens is 294 g/mol. The normalized spacial score (nSPS) is 24.2. The van der Waals surface area contributed by atoms with E-state index < -0.39 is 12.2 Å². The van der Waals surface area contributed by atoms with Crippen LogP contribution in [0.15, 0.2) is 24.3 Å². The van der Waals surface area contributed by atoms with Gasteiger partial charge >= 0.3 is 0 Å². The second-order valence-corrected chi connectivity index (χ2v) is 7.08. The summed E-state index contributed by atoms with van der Waals surface area (Å²) in [6.45, 7) is 6.58. The lowest BCUT2D eigenvalue weighted by Crippen LogP contribution is -2.65. The van der Waals surface area contributed by atoms with Gasteiger partial charge in [0.25, 0.3) is 0 Å². The van der Waals surface area contributed by atoms with Crippen LogP contribution in [0.3, 0.4) is 0 Å². The molecular formula is C15H20ClNO2S. The van der Waals surface area contributed by atoms with Gasteiger partial charge in [0.2, 0.25) is 0 Å². The predicted octanol–water partition coefficient (Wildman–Crippen LogP) is 2.79. The first-order valence-electron chi connectivity index (χ1n) is 6.64. The topological polar surface area (TPSA) is 43.7 Å². The van der Waals surface area contributed by atoms with Crippen molar-refractivity contribution >= 4 is 28.8 Å². The largest absolute Gasteiger partial charge is 0.389 e. The van der Waals surface area contributed by atoms with Crippen LogP contribution < -0.4 is 0 Å². The monoisotopic (exact) mass is 313 g/mol. The number of hydrogen-bond donors (Lipinski definition) is 2. The van der Waals surface area contributed by atoms with Crippen LogP contribution in [-0.2, 0) is 0 Å². The standard InChI is InChI=1S/C15H20ClNO2S/c1-15(2,3)14(20)17-8-11(18)12(17)13(19)9-4-6-10(16)7-5-9/h4-7,11-13,18-19H,8H2,1-3H3/t11-,12-,13-/m0/s1. The lowest BCUT2D eigenvalue weighted by Gasteiger charge is -2.51. The van der Waals surface area contributed by atoms with E-state index in [0.717, 1.165) is 10.6 Å². The van der Waals surface area contributed by atoms with E-state index in [0.29, 0.717) is 11.6 Å². The zero-order valence-corrected chi connectivity index (χ0v) is 13.4. The molecule has 3 atom stereocenters. The number of nitrogens with zero attached hydrogens (tertiary/aromatic N) is 1. The maximum Gasteiger partial charge on any atom is 0.102 e. The molecule has 0 radical (unpaired) electrons. The van der Waals surface area contributed by atoms with Crippen molar-refractivity contribution < 1.29 is 10.2 Å². The Bertz CT molecular complexity index is 498. The summed E-state index contributed by atoms with van der Waals surface area (Å²) in [6.07, 6.45) is -1.35. The van der Waals surface area contributed by atoms with Gasteiger partial charge in [-0.2, -0.15) is 0 Å². The van der Waals surface area contributed by atoms with Crippen LogP contribution in [0, 0.1) is 5.41 Å². The minimum atomic E-state index is -0.781. The number of aliphatic hydroxyl groups excluding tert-OH is 2. The maximum absolute atomic E-state index is 10.5. The quantitative estimate of drug-likeness (QED) is 0.824. The molecule has 1 aliphatic heterocycles. The van der Waals surface area contributed by atoms with E-state index in [1.54, 1.807) is 24.3 Å². The number of hydrogen-bond acceptors (Lipinski definition) is 3. The summed E-state index contributed by atoms with van der Waals surface area (Å²) in [4.78, 5) is 2.68. The number of benzene rings is 1. The molecule has 2 rings (SSSR count). The van der Waals surface area contributed by atoms with Gasteiger partial charge in [0.05, 0.1) is 17.1 Å². The highest BCUT2D eigenvalue weighted by atomic mass is 35.5. The molecule has 1 aliphatic rings. The molecule has 0 amide bonds. The SMILES string of the molecule is CC(C)(C)C(=S)N1C[C@H](O)[C@H]1[C@@H](O)c1ccc(Cl)cc1. The summed E-state index contributed by atoms with van der Waals surface area (Å²) in [5, 5.41) is 21.1. The lowest BCUT2D eigenvalue weighted by molar-refractivity contribution is -0.0814. The van der Waals surface area contributed by atoms with Crippen LogP contribution >= 0.6 is 23.8 Å². The van der Waals surface area contributed by atoms with Crippen LogP contribution in [0.25, 0.3) is 0 Å². The van der Waals surface area contributed by atoms with Crippen molar-refractivity contribution in [3.8, 4) is 0 Å². The molecule has 1 heterocycles. The highest BCUT2D eigenvalue weighted by Crippen LogP contribution is 2.35. The van der Waals surface area contributed by atoms with E-state index in [1.165, 1.54) is 0 Å². The molecule has 20 heavy (non-hydrogen) atoms. The predicted molar refractivity (Wildman–Crippen MR) is 85.0 cm³/mol. The van der Waals surface area contributed by atoms with E-state index in [1.807, 2.05) is 25.7 Å². The first-order chi connectivity index (χ1) is 9.21. The Morgan fingerprint density at radius 2 is 1.90 bits per heavy atom. The number of β-amino-alcohol motifs (C(OH)–C–C–N with tert-alkyl or cyclic N) is 1. The number of likely N-dealkylation sites (tertiary alicyclic amines) is 1. The van der Waals surface area contributed by atoms with E-state index in [2.05, 4.69) is 0 Å². The van der Waals surface area contributed by atoms with Crippen molar-refractivity contribution in [2.45, 2.75) is 39.0 Å². The fourth-order valence-electron chi connectivity index (χ4n) is 2.39. The Balaban J connectivity index is 2.17. The average molecular weight is 314 g/mol. The molecule has 0 spiro atoms. The third-order valence-corrected chi connectivity index (χ3v) is 4.67. The number of halogens is 1. The minimum absolute atomic E-state index is 0.159. The fourth-order valence-corrected chi connectivity index (χ4v) is 2.71. The van der Waals surface area contributed by atoms with Crippen molar-refractivity contribution in [1.29, 1.82) is 0 Å². The summed E-state index contributed by atoms with van der Waals surface area (Å²) >= 11 is 11.3. The summed E-state index contributed by atoms with van der Waals surface area (Å²) in [6, 6.07) is 6.63. The van der Waals surface area contributed by atoms with Crippen LogP contribution in [0.5, 0.6) is 0 Å². The molecule has 0 saturated carbocycles. The Morgan fingerprint density at radius 1 is 1.35 bits per heavy atom. The van der Waals surface area contributed by atoms with Crippen molar-refractivity contribution in [1.82, 2.24) is 4.90 Å². The molecule has 1 aromatic rings. The summed E-state index contributed by atoms with van der Waals surface area (Å²) < 4.78 is 0. The van der Waals surface area contributed by atoms with Crippen molar-refractivity contribution in [3.05, 3.63) is 34.9 Å². The van der Waals surface area contributed by atoms with Gasteiger partial charge in [-0.25, -0.2) is 0 Å². The van der Waals surface area contributed by atoms with E-state index in [4.69, 9.17) is 23.8 Å². The third-order valence-electron chi connectivity index (χ3n) is 3.58. The van der Waals surface area contributed by atoms with Gasteiger partial charge in [0, 0.05) is 17.0 Å². The second-order valence-electron chi connectivity index (χ2n) is 6.26. The summed E-state index contributed by atoms with van der Waals surface area (Å²) in [5.74, 6) is 0. The Morgan fingerprint density at radius 3 is 2.35 bits per heavy atom. The van der Waals surface area contributed by atoms with Gasteiger partial charge in [-0.1, -0.05) is 56.7 Å². The van der Waals surface area contributed by atoms with Gasteiger partial charge in [-0.15, -0.1) is 0 Å².